The molecule has 0 fully saturated rings. The molecule has 1 heterocycles. The summed E-state index contributed by atoms with van der Waals surface area (Å²) in [5.74, 6) is 0.258. The van der Waals surface area contributed by atoms with E-state index in [0.29, 0.717) is 9.47 Å². The molecule has 0 spiro atoms. The van der Waals surface area contributed by atoms with Crippen molar-refractivity contribution in [2.24, 2.45) is 0 Å². The second-order valence-electron chi connectivity index (χ2n) is 2.86. The summed E-state index contributed by atoms with van der Waals surface area (Å²) in [7, 11) is 0. The molecule has 14 heavy (non-hydrogen) atoms. The number of aromatic hydroxyl groups is 1. The lowest BCUT2D eigenvalue weighted by Gasteiger charge is -1.99. The van der Waals surface area contributed by atoms with Crippen LogP contribution in [0.2, 0.25) is 4.47 Å². The highest BCUT2D eigenvalue weighted by molar-refractivity contribution is 7.18. The van der Waals surface area contributed by atoms with Crippen LogP contribution in [0.3, 0.4) is 0 Å². The fraction of sp³-hybridized carbons (Fsp3) is 0.111. The molecular formula is C9H7ClN2OS. The van der Waals surface area contributed by atoms with Gasteiger partial charge in [-0.25, -0.2) is 0 Å². The molecule has 5 heteroatoms. The summed E-state index contributed by atoms with van der Waals surface area (Å²) in [6.07, 6.45) is 0. The fourth-order valence-corrected chi connectivity index (χ4v) is 1.89. The highest BCUT2D eigenvalue weighted by Crippen LogP contribution is 2.29. The van der Waals surface area contributed by atoms with E-state index in [4.69, 9.17) is 11.6 Å². The second-order valence-corrected chi connectivity index (χ2v) is 4.42. The van der Waals surface area contributed by atoms with Gasteiger partial charge >= 0.3 is 0 Å². The van der Waals surface area contributed by atoms with Crippen LogP contribution in [0.4, 0.5) is 0 Å². The number of aromatic nitrogens is 2. The zero-order valence-corrected chi connectivity index (χ0v) is 8.93. The van der Waals surface area contributed by atoms with E-state index in [9.17, 15) is 5.11 Å². The Bertz CT molecular complexity index is 470. The maximum Gasteiger partial charge on any atom is 0.207 e. The SMILES string of the molecule is Cc1ccc(-c2nnc(Cl)s2)cc1O. The molecule has 0 bridgehead atoms. The average Bonchev–Trinajstić information content (AvgIpc) is 2.57. The zero-order chi connectivity index (χ0) is 10.1. The van der Waals surface area contributed by atoms with Gasteiger partial charge < -0.3 is 5.11 Å². The van der Waals surface area contributed by atoms with Gasteiger partial charge in [-0.1, -0.05) is 23.5 Å². The molecule has 1 N–H and O–H groups in total. The fourth-order valence-electron chi connectivity index (χ4n) is 1.06. The van der Waals surface area contributed by atoms with Gasteiger partial charge in [0.15, 0.2) is 0 Å². The minimum atomic E-state index is 0.258. The monoisotopic (exact) mass is 226 g/mol. The van der Waals surface area contributed by atoms with Gasteiger partial charge in [-0.05, 0) is 30.2 Å². The smallest absolute Gasteiger partial charge is 0.207 e. The lowest BCUT2D eigenvalue weighted by atomic mass is 10.1. The molecule has 0 saturated carbocycles. The quantitative estimate of drug-likeness (QED) is 0.813. The number of rotatable bonds is 1. The molecule has 2 rings (SSSR count). The standard InChI is InChI=1S/C9H7ClN2OS/c1-5-2-3-6(4-7(5)13)8-11-12-9(10)14-8/h2-4,13H,1H3. The molecule has 2 aromatic rings. The number of aryl methyl sites for hydroxylation is 1. The maximum atomic E-state index is 9.49. The van der Waals surface area contributed by atoms with E-state index < -0.39 is 0 Å². The number of phenolic OH excluding ortho intramolecular Hbond substituents is 1. The number of phenols is 1. The van der Waals surface area contributed by atoms with Crippen molar-refractivity contribution < 1.29 is 5.11 Å². The molecule has 0 saturated heterocycles. The molecule has 1 aromatic heterocycles. The number of halogens is 1. The Kier molecular flexibility index (Phi) is 2.39. The van der Waals surface area contributed by atoms with Crippen LogP contribution in [-0.4, -0.2) is 15.3 Å². The van der Waals surface area contributed by atoms with E-state index in [1.165, 1.54) is 11.3 Å². The molecule has 1 aromatic carbocycles. The molecule has 0 radical (unpaired) electrons. The largest absolute Gasteiger partial charge is 0.508 e. The van der Waals surface area contributed by atoms with Crippen molar-refractivity contribution in [2.45, 2.75) is 6.92 Å². The number of nitrogens with zero attached hydrogens (tertiary/aromatic N) is 2. The molecule has 72 valence electrons. The Morgan fingerprint density at radius 1 is 1.36 bits per heavy atom. The Labute approximate surface area is 90.0 Å². The number of hydrogen-bond donors (Lipinski definition) is 1. The highest BCUT2D eigenvalue weighted by Gasteiger charge is 2.06. The zero-order valence-electron chi connectivity index (χ0n) is 7.36. The summed E-state index contributed by atoms with van der Waals surface area (Å²) in [4.78, 5) is 0. The molecule has 0 amide bonds. The van der Waals surface area contributed by atoms with Crippen LogP contribution in [0, 0.1) is 6.92 Å². The second kappa shape index (κ2) is 3.55. The predicted molar refractivity (Wildman–Crippen MR) is 56.8 cm³/mol. The average molecular weight is 227 g/mol. The van der Waals surface area contributed by atoms with E-state index in [0.717, 1.165) is 11.1 Å². The van der Waals surface area contributed by atoms with Crippen LogP contribution in [0.15, 0.2) is 18.2 Å². The summed E-state index contributed by atoms with van der Waals surface area (Å²) in [6, 6.07) is 5.37. The van der Waals surface area contributed by atoms with Gasteiger partial charge in [0.05, 0.1) is 0 Å². The van der Waals surface area contributed by atoms with Gasteiger partial charge in [0.2, 0.25) is 4.47 Å². The normalized spacial score (nSPS) is 10.4. The first-order valence-electron chi connectivity index (χ1n) is 3.96. The van der Waals surface area contributed by atoms with Gasteiger partial charge in [0.25, 0.3) is 0 Å². The molecule has 0 unspecified atom stereocenters. The summed E-state index contributed by atoms with van der Waals surface area (Å²) in [6.45, 7) is 1.84. The van der Waals surface area contributed by atoms with Crippen molar-refractivity contribution in [3.63, 3.8) is 0 Å². The lowest BCUT2D eigenvalue weighted by Crippen LogP contribution is -1.79. The molecule has 0 atom stereocenters. The van der Waals surface area contributed by atoms with E-state index in [1.807, 2.05) is 19.1 Å². The number of hydrogen-bond acceptors (Lipinski definition) is 4. The molecule has 0 aliphatic rings. The van der Waals surface area contributed by atoms with Crippen molar-refractivity contribution in [3.05, 3.63) is 28.2 Å². The van der Waals surface area contributed by atoms with Gasteiger partial charge in [-0.2, -0.15) is 0 Å². The first-order chi connectivity index (χ1) is 6.66. The van der Waals surface area contributed by atoms with Crippen molar-refractivity contribution in [2.75, 3.05) is 0 Å². The van der Waals surface area contributed by atoms with Gasteiger partial charge in [0, 0.05) is 5.56 Å². The molecule has 3 nitrogen and oxygen atoms in total. The molecular weight excluding hydrogens is 220 g/mol. The van der Waals surface area contributed by atoms with Crippen molar-refractivity contribution >= 4 is 22.9 Å². The molecule has 0 aliphatic heterocycles. The Morgan fingerprint density at radius 2 is 2.14 bits per heavy atom. The minimum Gasteiger partial charge on any atom is -0.508 e. The van der Waals surface area contributed by atoms with Crippen LogP contribution >= 0.6 is 22.9 Å². The summed E-state index contributed by atoms with van der Waals surface area (Å²) in [5, 5.41) is 17.8. The summed E-state index contributed by atoms with van der Waals surface area (Å²) in [5.41, 5.74) is 1.67. The Hall–Kier alpha value is -1.13. The maximum absolute atomic E-state index is 9.49. The summed E-state index contributed by atoms with van der Waals surface area (Å²) < 4.78 is 0.403. The van der Waals surface area contributed by atoms with Crippen molar-refractivity contribution in [1.29, 1.82) is 0 Å². The van der Waals surface area contributed by atoms with Crippen LogP contribution in [0.5, 0.6) is 5.75 Å². The van der Waals surface area contributed by atoms with E-state index in [1.54, 1.807) is 6.07 Å². The third-order valence-electron chi connectivity index (χ3n) is 1.86. The van der Waals surface area contributed by atoms with Crippen LogP contribution in [0.1, 0.15) is 5.56 Å². The Morgan fingerprint density at radius 3 is 2.71 bits per heavy atom. The topological polar surface area (TPSA) is 46.0 Å². The van der Waals surface area contributed by atoms with E-state index in [-0.39, 0.29) is 5.75 Å². The van der Waals surface area contributed by atoms with E-state index in [2.05, 4.69) is 10.2 Å². The number of benzene rings is 1. The Balaban J connectivity index is 2.47. The predicted octanol–water partition coefficient (Wildman–Crippen LogP) is 2.87. The lowest BCUT2D eigenvalue weighted by molar-refractivity contribution is 0.471. The van der Waals surface area contributed by atoms with Gasteiger partial charge in [0.1, 0.15) is 10.8 Å². The summed E-state index contributed by atoms with van der Waals surface area (Å²) >= 11 is 6.95. The third kappa shape index (κ3) is 1.71. The highest BCUT2D eigenvalue weighted by atomic mass is 35.5. The van der Waals surface area contributed by atoms with Gasteiger partial charge in [-0.3, -0.25) is 0 Å². The van der Waals surface area contributed by atoms with Crippen LogP contribution < -0.4 is 0 Å². The van der Waals surface area contributed by atoms with Crippen LogP contribution in [-0.2, 0) is 0 Å². The van der Waals surface area contributed by atoms with Crippen molar-refractivity contribution in [3.8, 4) is 16.3 Å². The van der Waals surface area contributed by atoms with Gasteiger partial charge in [-0.15, -0.1) is 10.2 Å². The van der Waals surface area contributed by atoms with Crippen molar-refractivity contribution in [1.82, 2.24) is 10.2 Å². The first-order valence-corrected chi connectivity index (χ1v) is 5.15. The third-order valence-corrected chi connectivity index (χ3v) is 2.92. The minimum absolute atomic E-state index is 0.258. The van der Waals surface area contributed by atoms with E-state index >= 15 is 0 Å². The molecule has 0 aliphatic carbocycles. The van der Waals surface area contributed by atoms with Crippen LogP contribution in [0.25, 0.3) is 10.6 Å². The first kappa shape index (κ1) is 9.43.